The number of ether oxygens (including phenoxy) is 2. The molecular formula is C25H28Cl2N4O7. The van der Waals surface area contributed by atoms with Gasteiger partial charge in [0.25, 0.3) is 11.8 Å². The molecule has 0 aromatic heterocycles. The highest BCUT2D eigenvalue weighted by Crippen LogP contribution is 2.34. The Labute approximate surface area is 229 Å². The Morgan fingerprint density at radius 3 is 2.34 bits per heavy atom. The number of imide groups is 1. The van der Waals surface area contributed by atoms with Crippen LogP contribution in [0.4, 0.5) is 15.3 Å². The first-order chi connectivity index (χ1) is 17.7. The Balaban J connectivity index is 1.89. The number of amides is 5. The van der Waals surface area contributed by atoms with Crippen molar-refractivity contribution >= 4 is 64.5 Å². The Morgan fingerprint density at radius 1 is 1.08 bits per heavy atom. The molecule has 0 saturated carbocycles. The van der Waals surface area contributed by atoms with Crippen LogP contribution >= 0.6 is 23.2 Å². The summed E-state index contributed by atoms with van der Waals surface area (Å²) in [5, 5.41) is 5.16. The second kappa shape index (κ2) is 11.5. The maximum atomic E-state index is 13.6. The Bertz CT molecular complexity index is 1200. The van der Waals surface area contributed by atoms with Crippen LogP contribution in [-0.4, -0.2) is 65.3 Å². The number of allylic oxidation sites excluding steroid dienone is 1. The van der Waals surface area contributed by atoms with Crippen molar-refractivity contribution in [1.82, 2.24) is 10.2 Å². The molecule has 2 atom stereocenters. The van der Waals surface area contributed by atoms with Crippen molar-refractivity contribution in [2.24, 2.45) is 10.9 Å². The molecule has 1 aliphatic heterocycles. The van der Waals surface area contributed by atoms with Gasteiger partial charge < -0.3 is 14.8 Å². The van der Waals surface area contributed by atoms with Crippen molar-refractivity contribution in [3.63, 3.8) is 0 Å². The summed E-state index contributed by atoms with van der Waals surface area (Å²) in [7, 11) is 1.25. The number of carbonyl (C=O) groups is 5. The first-order valence-electron chi connectivity index (χ1n) is 11.7. The van der Waals surface area contributed by atoms with Crippen LogP contribution in [0.15, 0.2) is 35.3 Å². The number of benzene rings is 1. The van der Waals surface area contributed by atoms with Gasteiger partial charge >= 0.3 is 18.1 Å². The lowest BCUT2D eigenvalue weighted by atomic mass is 9.93. The maximum absolute atomic E-state index is 13.6. The molecule has 0 radical (unpaired) electrons. The average Bonchev–Trinajstić information content (AvgIpc) is 3.44. The van der Waals surface area contributed by atoms with E-state index >= 15 is 0 Å². The quantitative estimate of drug-likeness (QED) is 0.411. The molecule has 11 nitrogen and oxygen atoms in total. The molecule has 2 N–H and O–H groups in total. The van der Waals surface area contributed by atoms with E-state index in [0.717, 1.165) is 4.90 Å². The fourth-order valence-electron chi connectivity index (χ4n) is 4.16. The van der Waals surface area contributed by atoms with Crippen molar-refractivity contribution in [2.75, 3.05) is 19.0 Å². The highest BCUT2D eigenvalue weighted by Gasteiger charge is 2.57. The summed E-state index contributed by atoms with van der Waals surface area (Å²) in [5.41, 5.74) is -2.61. The maximum Gasteiger partial charge on any atom is 0.411 e. The third-order valence-electron chi connectivity index (χ3n) is 5.79. The fourth-order valence-corrected chi connectivity index (χ4v) is 4.69. The number of aliphatic imine (C=N–C) groups is 1. The Kier molecular flexibility index (Phi) is 8.83. The molecule has 1 aromatic rings. The van der Waals surface area contributed by atoms with E-state index in [2.05, 4.69) is 20.4 Å². The molecule has 1 fully saturated rings. The minimum atomic E-state index is -2.13. The summed E-state index contributed by atoms with van der Waals surface area (Å²) >= 11 is 12.1. The number of esters is 1. The summed E-state index contributed by atoms with van der Waals surface area (Å²) in [5.74, 6) is -3.03. The molecule has 0 spiro atoms. The predicted octanol–water partition coefficient (Wildman–Crippen LogP) is 4.13. The van der Waals surface area contributed by atoms with Gasteiger partial charge in [-0.15, -0.1) is 0 Å². The Morgan fingerprint density at radius 2 is 1.74 bits per heavy atom. The summed E-state index contributed by atoms with van der Waals surface area (Å²) in [6.07, 6.45) is 2.41. The smallest absolute Gasteiger partial charge is 0.411 e. The van der Waals surface area contributed by atoms with Gasteiger partial charge in [-0.3, -0.25) is 24.6 Å². The van der Waals surface area contributed by atoms with Gasteiger partial charge in [-0.25, -0.2) is 9.59 Å². The molecule has 1 aliphatic carbocycles. The standard InChI is InChI=1S/C25H28Cl2N4O7/c1-24(2,3)38-23(36)31-9-5-8-25(31,20(33)28-18-12-15(26)11-16(27)13-18)21(34)30-22(35)29-17-7-6-14(10-17)19(32)37-4/h6-7,11-14H,5,8-10H2,1-4H3,(H,28,33)(H,30,34,35)/b29-17+. The van der Waals surface area contributed by atoms with Gasteiger partial charge in [0.1, 0.15) is 5.60 Å². The number of hydrogen-bond donors (Lipinski definition) is 2. The molecule has 1 saturated heterocycles. The first-order valence-corrected chi connectivity index (χ1v) is 12.5. The van der Waals surface area contributed by atoms with Gasteiger partial charge in [0.15, 0.2) is 0 Å². The van der Waals surface area contributed by atoms with Crippen molar-refractivity contribution < 1.29 is 33.4 Å². The van der Waals surface area contributed by atoms with Gasteiger partial charge in [0.2, 0.25) is 5.54 Å². The fraction of sp³-hybridized carbons (Fsp3) is 0.440. The second-order valence-corrected chi connectivity index (χ2v) is 10.6. The van der Waals surface area contributed by atoms with E-state index in [1.807, 2.05) is 0 Å². The highest BCUT2D eigenvalue weighted by molar-refractivity contribution is 6.35. The molecule has 1 aromatic carbocycles. The van der Waals surface area contributed by atoms with E-state index < -0.39 is 47.0 Å². The third kappa shape index (κ3) is 6.70. The van der Waals surface area contributed by atoms with Crippen LogP contribution in [-0.2, 0) is 23.9 Å². The van der Waals surface area contributed by atoms with Gasteiger partial charge in [-0.1, -0.05) is 29.3 Å². The number of carbonyl (C=O) groups excluding carboxylic acids is 5. The predicted molar refractivity (Wildman–Crippen MR) is 140 cm³/mol. The third-order valence-corrected chi connectivity index (χ3v) is 6.22. The van der Waals surface area contributed by atoms with E-state index in [4.69, 9.17) is 27.9 Å². The van der Waals surface area contributed by atoms with Crippen molar-refractivity contribution in [3.05, 3.63) is 40.4 Å². The van der Waals surface area contributed by atoms with E-state index in [1.165, 1.54) is 37.5 Å². The van der Waals surface area contributed by atoms with Crippen LogP contribution < -0.4 is 10.6 Å². The zero-order valence-corrected chi connectivity index (χ0v) is 22.8. The lowest BCUT2D eigenvalue weighted by Gasteiger charge is -2.36. The molecule has 3 rings (SSSR count). The number of nitrogens with zero attached hydrogens (tertiary/aromatic N) is 2. The van der Waals surface area contributed by atoms with Crippen LogP contribution in [0.1, 0.15) is 40.0 Å². The number of halogens is 2. The van der Waals surface area contributed by atoms with E-state index in [1.54, 1.807) is 20.8 Å². The van der Waals surface area contributed by atoms with Crippen molar-refractivity contribution in [3.8, 4) is 0 Å². The number of rotatable bonds is 4. The molecule has 2 aliphatic rings. The molecule has 204 valence electrons. The van der Waals surface area contributed by atoms with Crippen LogP contribution in [0.5, 0.6) is 0 Å². The van der Waals surface area contributed by atoms with E-state index in [0.29, 0.717) is 0 Å². The van der Waals surface area contributed by atoms with Crippen LogP contribution in [0.3, 0.4) is 0 Å². The van der Waals surface area contributed by atoms with Gasteiger partial charge in [0, 0.05) is 34.4 Å². The second-order valence-electron chi connectivity index (χ2n) is 9.76. The highest BCUT2D eigenvalue weighted by atomic mass is 35.5. The topological polar surface area (TPSA) is 143 Å². The van der Waals surface area contributed by atoms with Crippen LogP contribution in [0.25, 0.3) is 0 Å². The van der Waals surface area contributed by atoms with Crippen LogP contribution in [0, 0.1) is 5.92 Å². The molecule has 1 heterocycles. The summed E-state index contributed by atoms with van der Waals surface area (Å²) in [6, 6.07) is 3.24. The molecule has 38 heavy (non-hydrogen) atoms. The largest absolute Gasteiger partial charge is 0.469 e. The monoisotopic (exact) mass is 566 g/mol. The average molecular weight is 567 g/mol. The SMILES string of the molecule is COC(=O)C1C=C/C(=N\C(=O)NC(=O)C2(C(=O)Nc3cc(Cl)cc(Cl)c3)CCCN2C(=O)OC(C)(C)C)C1. The molecular weight excluding hydrogens is 539 g/mol. The number of urea groups is 1. The van der Waals surface area contributed by atoms with Gasteiger partial charge in [-0.2, -0.15) is 4.99 Å². The Hall–Kier alpha value is -3.44. The van der Waals surface area contributed by atoms with Gasteiger partial charge in [0.05, 0.1) is 13.0 Å². The summed E-state index contributed by atoms with van der Waals surface area (Å²) in [4.78, 5) is 69.5. The minimum Gasteiger partial charge on any atom is -0.469 e. The van der Waals surface area contributed by atoms with Crippen molar-refractivity contribution in [1.29, 1.82) is 0 Å². The normalized spacial score (nSPS) is 21.8. The summed E-state index contributed by atoms with van der Waals surface area (Å²) < 4.78 is 10.1. The first kappa shape index (κ1) is 29.1. The van der Waals surface area contributed by atoms with Crippen LogP contribution in [0.2, 0.25) is 10.0 Å². The molecule has 5 amide bonds. The zero-order chi connectivity index (χ0) is 28.3. The molecule has 0 bridgehead atoms. The lowest BCUT2D eigenvalue weighted by Crippen LogP contribution is -2.64. The van der Waals surface area contributed by atoms with Gasteiger partial charge in [-0.05, 0) is 57.9 Å². The lowest BCUT2D eigenvalue weighted by molar-refractivity contribution is -0.143. The number of hydrogen-bond acceptors (Lipinski definition) is 7. The summed E-state index contributed by atoms with van der Waals surface area (Å²) in [6.45, 7) is 4.96. The van der Waals surface area contributed by atoms with E-state index in [9.17, 15) is 24.0 Å². The molecule has 13 heteroatoms. The number of methoxy groups -OCH3 is 1. The minimum absolute atomic E-state index is 0.0261. The molecule has 2 unspecified atom stereocenters. The van der Waals surface area contributed by atoms with Crippen molar-refractivity contribution in [2.45, 2.75) is 51.2 Å². The zero-order valence-electron chi connectivity index (χ0n) is 21.3. The number of likely N-dealkylation sites (tertiary alicyclic amines) is 1. The number of nitrogens with one attached hydrogen (secondary N) is 2. The number of anilines is 1. The van der Waals surface area contributed by atoms with E-state index in [-0.39, 0.29) is 47.3 Å².